The summed E-state index contributed by atoms with van der Waals surface area (Å²) in [5, 5.41) is 4.91. The highest BCUT2D eigenvalue weighted by Gasteiger charge is 2.42. The number of benzene rings is 9. The Bertz CT molecular complexity index is 3630. The zero-order valence-electron chi connectivity index (χ0n) is 37.1. The molecule has 2 aliphatic heterocycles. The predicted octanol–water partition coefficient (Wildman–Crippen LogP) is 15.0. The van der Waals surface area contributed by atoms with Crippen LogP contribution in [0.15, 0.2) is 247 Å². The fourth-order valence-corrected chi connectivity index (χ4v) is 10.3. The maximum Gasteiger partial charge on any atom is 0.169 e. The van der Waals surface area contributed by atoms with Crippen molar-refractivity contribution in [3.63, 3.8) is 0 Å². The van der Waals surface area contributed by atoms with Crippen LogP contribution in [-0.4, -0.2) is 16.2 Å². The predicted molar refractivity (Wildman–Crippen MR) is 278 cm³/mol. The Hall–Kier alpha value is -8.80. The van der Waals surface area contributed by atoms with Crippen LogP contribution in [0.1, 0.15) is 51.7 Å². The highest BCUT2D eigenvalue weighted by Crippen LogP contribution is 2.54. The first-order valence-electron chi connectivity index (χ1n) is 23.3. The largest absolute Gasteiger partial charge is 0.484 e. The van der Waals surface area contributed by atoms with Crippen molar-refractivity contribution in [2.24, 2.45) is 9.98 Å². The maximum absolute atomic E-state index is 7.33. The first-order chi connectivity index (χ1) is 33.7. The molecule has 3 unspecified atom stereocenters. The fraction of sp³-hybridized carbons (Fsp3) is 0.0476. The zero-order valence-corrected chi connectivity index (χ0v) is 37.1. The Balaban J connectivity index is 0.880. The first kappa shape index (κ1) is 39.6. The van der Waals surface area contributed by atoms with Crippen LogP contribution in [0, 0.1) is 0 Å². The lowest BCUT2D eigenvalue weighted by Crippen LogP contribution is -2.36. The molecule has 9 aromatic carbocycles. The van der Waals surface area contributed by atoms with Crippen LogP contribution < -0.4 is 10.1 Å². The fourth-order valence-electron chi connectivity index (χ4n) is 10.3. The smallest absolute Gasteiger partial charge is 0.169 e. The van der Waals surface area contributed by atoms with Gasteiger partial charge in [0.05, 0.1) is 16.8 Å². The molecule has 0 saturated carbocycles. The molecule has 0 spiro atoms. The van der Waals surface area contributed by atoms with Crippen molar-refractivity contribution in [2.45, 2.75) is 18.2 Å². The quantitative estimate of drug-likeness (QED) is 0.165. The topological polar surface area (TPSA) is 50.9 Å². The molecular formula is C63H44N4O. The molecular weight excluding hydrogens is 829 g/mol. The summed E-state index contributed by atoms with van der Waals surface area (Å²) in [5.41, 5.74) is 18.0. The van der Waals surface area contributed by atoms with E-state index in [0.29, 0.717) is 0 Å². The minimum Gasteiger partial charge on any atom is -0.484 e. The van der Waals surface area contributed by atoms with Gasteiger partial charge in [-0.3, -0.25) is 0 Å². The standard InChI is InChI=1S/C63H44N4O/c1-4-16-41(17-5-1)44-32-34-45(35-33-44)48-24-14-27-51(40-48)67-56-31-11-10-28-54(56)58-57(67)37-36-53-52-29-15-30-55(59(52)68-60(53)58)63-65-61(49-25-12-22-46(38-49)42-18-6-2-7-19-42)64-62(66-63)50-26-13-23-47(39-50)43-20-8-3-9-21-43/h1-40,53,60-61H,(H,64,65,66). The molecule has 0 fully saturated rings. The number of ether oxygens (including phenoxy) is 1. The monoisotopic (exact) mass is 872 g/mol. The number of aliphatic imine (C=N–C) groups is 2. The number of nitrogens with zero attached hydrogens (tertiary/aromatic N) is 3. The summed E-state index contributed by atoms with van der Waals surface area (Å²) in [6.45, 7) is 0. The van der Waals surface area contributed by atoms with Gasteiger partial charge in [0.15, 0.2) is 6.17 Å². The average molecular weight is 873 g/mol. The SMILES string of the molecule is C1=CC2c3cccc(C4=NC(c5cccc(-c6ccccc6)c5)N=C(c5cccc(-c6ccccc6)c5)N4)c3OC2c2c1n(-c1cccc(-c3ccc(-c4ccccc4)cc3)c1)c1ccccc21. The molecule has 5 nitrogen and oxygen atoms in total. The molecule has 0 amide bonds. The van der Waals surface area contributed by atoms with E-state index < -0.39 is 6.17 Å². The normalized spacial score (nSPS) is 16.7. The summed E-state index contributed by atoms with van der Waals surface area (Å²) in [4.78, 5) is 10.7. The van der Waals surface area contributed by atoms with E-state index in [9.17, 15) is 0 Å². The van der Waals surface area contributed by atoms with Gasteiger partial charge in [0.2, 0.25) is 0 Å². The zero-order chi connectivity index (χ0) is 45.0. The molecule has 1 N–H and O–H groups in total. The van der Waals surface area contributed by atoms with E-state index in [-0.39, 0.29) is 12.0 Å². The van der Waals surface area contributed by atoms with Crippen LogP contribution in [0.4, 0.5) is 0 Å². The third kappa shape index (κ3) is 6.95. The van der Waals surface area contributed by atoms with Gasteiger partial charge in [-0.2, -0.15) is 0 Å². The Morgan fingerprint density at radius 2 is 0.985 bits per heavy atom. The number of hydrogen-bond acceptors (Lipinski definition) is 4. The van der Waals surface area contributed by atoms with Crippen LogP contribution >= 0.6 is 0 Å². The molecule has 68 heavy (non-hydrogen) atoms. The Morgan fingerprint density at radius 1 is 0.441 bits per heavy atom. The van der Waals surface area contributed by atoms with Gasteiger partial charge in [-0.25, -0.2) is 9.98 Å². The van der Waals surface area contributed by atoms with Crippen LogP contribution in [0.25, 0.3) is 67.2 Å². The van der Waals surface area contributed by atoms with E-state index in [0.717, 1.165) is 78.8 Å². The van der Waals surface area contributed by atoms with Crippen molar-refractivity contribution in [3.05, 3.63) is 270 Å². The van der Waals surface area contributed by atoms with Gasteiger partial charge in [-0.05, 0) is 92.5 Å². The van der Waals surface area contributed by atoms with Gasteiger partial charge >= 0.3 is 0 Å². The molecule has 3 atom stereocenters. The van der Waals surface area contributed by atoms with Gasteiger partial charge in [-0.15, -0.1) is 0 Å². The highest BCUT2D eigenvalue weighted by atomic mass is 16.5. The molecule has 0 radical (unpaired) electrons. The van der Waals surface area contributed by atoms with Gasteiger partial charge in [0, 0.05) is 33.7 Å². The minimum absolute atomic E-state index is 0.0180. The van der Waals surface area contributed by atoms with E-state index in [4.69, 9.17) is 14.7 Å². The number of fused-ring (bicyclic) bond motifs is 7. The number of para-hydroxylation sites is 2. The Morgan fingerprint density at radius 3 is 1.72 bits per heavy atom. The number of amidine groups is 2. The van der Waals surface area contributed by atoms with Crippen LogP contribution in [-0.2, 0) is 0 Å². The van der Waals surface area contributed by atoms with Crippen LogP contribution in [0.5, 0.6) is 5.75 Å². The summed E-state index contributed by atoms with van der Waals surface area (Å²) >= 11 is 0. The van der Waals surface area contributed by atoms with Crippen LogP contribution in [0.3, 0.4) is 0 Å². The second-order valence-electron chi connectivity index (χ2n) is 17.7. The number of aromatic nitrogens is 1. The van der Waals surface area contributed by atoms with Gasteiger partial charge in [0.1, 0.15) is 23.5 Å². The summed E-state index contributed by atoms with van der Waals surface area (Å²) < 4.78 is 9.73. The van der Waals surface area contributed by atoms with Crippen molar-refractivity contribution in [1.82, 2.24) is 9.88 Å². The molecule has 3 aliphatic rings. The molecule has 3 heterocycles. The van der Waals surface area contributed by atoms with Crippen molar-refractivity contribution < 1.29 is 4.74 Å². The van der Waals surface area contributed by atoms with E-state index in [1.54, 1.807) is 0 Å². The lowest BCUT2D eigenvalue weighted by Gasteiger charge is -2.24. The summed E-state index contributed by atoms with van der Waals surface area (Å²) in [7, 11) is 0. The van der Waals surface area contributed by atoms with Crippen LogP contribution in [0.2, 0.25) is 0 Å². The maximum atomic E-state index is 7.33. The highest BCUT2D eigenvalue weighted by molar-refractivity contribution is 6.17. The third-order valence-corrected chi connectivity index (χ3v) is 13.6. The molecule has 13 rings (SSSR count). The molecule has 0 bridgehead atoms. The molecule has 10 aromatic rings. The lowest BCUT2D eigenvalue weighted by molar-refractivity contribution is 0.224. The first-order valence-corrected chi connectivity index (χ1v) is 23.3. The van der Waals surface area contributed by atoms with E-state index in [1.165, 1.54) is 33.2 Å². The number of hydrogen-bond donors (Lipinski definition) is 1. The summed E-state index contributed by atoms with van der Waals surface area (Å²) in [6.07, 6.45) is 3.91. The third-order valence-electron chi connectivity index (χ3n) is 13.6. The number of rotatable bonds is 8. The molecule has 0 saturated heterocycles. The minimum atomic E-state index is -0.494. The second kappa shape index (κ2) is 16.6. The second-order valence-corrected chi connectivity index (χ2v) is 17.7. The van der Waals surface area contributed by atoms with Gasteiger partial charge < -0.3 is 14.6 Å². The van der Waals surface area contributed by atoms with Crippen molar-refractivity contribution in [3.8, 4) is 55.9 Å². The summed E-state index contributed by atoms with van der Waals surface area (Å²) in [5.74, 6) is 2.35. The average Bonchev–Trinajstić information content (AvgIpc) is 3.98. The van der Waals surface area contributed by atoms with E-state index in [1.807, 2.05) is 12.1 Å². The van der Waals surface area contributed by atoms with Crippen molar-refractivity contribution in [2.75, 3.05) is 0 Å². The molecule has 5 heteroatoms. The lowest BCUT2D eigenvalue weighted by atomic mass is 9.85. The Labute approximate surface area is 395 Å². The molecule has 1 aromatic heterocycles. The Kier molecular flexibility index (Phi) is 9.64. The summed E-state index contributed by atoms with van der Waals surface area (Å²) in [6, 6.07) is 81.7. The van der Waals surface area contributed by atoms with Crippen molar-refractivity contribution in [1.29, 1.82) is 0 Å². The van der Waals surface area contributed by atoms with Gasteiger partial charge in [0.25, 0.3) is 0 Å². The van der Waals surface area contributed by atoms with Gasteiger partial charge in [-0.1, -0.05) is 200 Å². The molecule has 1 aliphatic carbocycles. The van der Waals surface area contributed by atoms with E-state index >= 15 is 0 Å². The number of nitrogens with one attached hydrogen (secondary N) is 1. The van der Waals surface area contributed by atoms with Crippen molar-refractivity contribution >= 4 is 28.7 Å². The van der Waals surface area contributed by atoms with E-state index in [2.05, 4.69) is 240 Å². The molecule has 322 valence electrons.